The van der Waals surface area contributed by atoms with E-state index < -0.39 is 0 Å². The van der Waals surface area contributed by atoms with Crippen LogP contribution in [0, 0.1) is 11.3 Å². The first-order valence-electron chi connectivity index (χ1n) is 7.34. The summed E-state index contributed by atoms with van der Waals surface area (Å²) in [5.74, 6) is 1.82. The molecule has 0 saturated carbocycles. The summed E-state index contributed by atoms with van der Waals surface area (Å²) in [6.45, 7) is 5.48. The van der Waals surface area contributed by atoms with Crippen molar-refractivity contribution >= 4 is 5.84 Å². The molecule has 0 amide bonds. The minimum atomic E-state index is 0.110. The second kappa shape index (κ2) is 6.75. The largest absolute Gasteiger partial charge is 0.496 e. The number of amidine groups is 1. The fourth-order valence-corrected chi connectivity index (χ4v) is 2.79. The fraction of sp³-hybridized carbons (Fsp3) is 0.562. The Labute approximate surface area is 121 Å². The lowest BCUT2D eigenvalue weighted by atomic mass is 10.0. The van der Waals surface area contributed by atoms with Crippen molar-refractivity contribution in [1.29, 1.82) is 5.41 Å². The summed E-state index contributed by atoms with van der Waals surface area (Å²) in [6.07, 6.45) is 3.84. The van der Waals surface area contributed by atoms with Crippen molar-refractivity contribution in [3.8, 4) is 5.75 Å². The molecule has 1 fully saturated rings. The Kier molecular flexibility index (Phi) is 5.01. The minimum absolute atomic E-state index is 0.110. The van der Waals surface area contributed by atoms with Gasteiger partial charge in [-0.05, 0) is 56.5 Å². The van der Waals surface area contributed by atoms with Gasteiger partial charge < -0.3 is 10.5 Å². The summed E-state index contributed by atoms with van der Waals surface area (Å²) < 4.78 is 5.44. The third-order valence-electron chi connectivity index (χ3n) is 4.09. The number of hydrogen-bond acceptors (Lipinski definition) is 3. The van der Waals surface area contributed by atoms with Crippen molar-refractivity contribution in [2.75, 3.05) is 20.2 Å². The van der Waals surface area contributed by atoms with E-state index in [1.54, 1.807) is 7.11 Å². The third kappa shape index (κ3) is 3.73. The van der Waals surface area contributed by atoms with Gasteiger partial charge in [-0.2, -0.15) is 0 Å². The van der Waals surface area contributed by atoms with Crippen LogP contribution in [0.4, 0.5) is 0 Å². The molecule has 1 aliphatic rings. The molecule has 1 aromatic carbocycles. The molecule has 0 aromatic heterocycles. The van der Waals surface area contributed by atoms with Crippen LogP contribution in [0.3, 0.4) is 0 Å². The quantitative estimate of drug-likeness (QED) is 0.656. The van der Waals surface area contributed by atoms with Crippen LogP contribution in [0.25, 0.3) is 0 Å². The van der Waals surface area contributed by atoms with Crippen molar-refractivity contribution in [2.45, 2.75) is 32.7 Å². The second-order valence-corrected chi connectivity index (χ2v) is 5.75. The van der Waals surface area contributed by atoms with Gasteiger partial charge in [-0.25, -0.2) is 0 Å². The molecule has 4 nitrogen and oxygen atoms in total. The molecule has 1 saturated heterocycles. The number of methoxy groups -OCH3 is 1. The zero-order valence-electron chi connectivity index (χ0n) is 12.5. The first kappa shape index (κ1) is 14.9. The van der Waals surface area contributed by atoms with Crippen LogP contribution >= 0.6 is 0 Å². The highest BCUT2D eigenvalue weighted by Gasteiger charge is 2.16. The highest BCUT2D eigenvalue weighted by atomic mass is 16.5. The molecule has 1 aromatic rings. The summed E-state index contributed by atoms with van der Waals surface area (Å²) in [5.41, 5.74) is 7.47. The molecule has 3 N–H and O–H groups in total. The van der Waals surface area contributed by atoms with Gasteiger partial charge in [0.25, 0.3) is 0 Å². The molecular formula is C16H25N3O. The Hall–Kier alpha value is -1.55. The molecule has 1 atom stereocenters. The summed E-state index contributed by atoms with van der Waals surface area (Å²) >= 11 is 0. The van der Waals surface area contributed by atoms with Crippen molar-refractivity contribution in [1.82, 2.24) is 4.90 Å². The van der Waals surface area contributed by atoms with E-state index in [2.05, 4.69) is 11.8 Å². The van der Waals surface area contributed by atoms with Gasteiger partial charge in [-0.15, -0.1) is 0 Å². The smallest absolute Gasteiger partial charge is 0.123 e. The number of hydrogen-bond donors (Lipinski definition) is 2. The lowest BCUT2D eigenvalue weighted by Crippen LogP contribution is -2.25. The Morgan fingerprint density at radius 1 is 1.40 bits per heavy atom. The van der Waals surface area contributed by atoms with Gasteiger partial charge >= 0.3 is 0 Å². The summed E-state index contributed by atoms with van der Waals surface area (Å²) in [5, 5.41) is 7.56. The fourth-order valence-electron chi connectivity index (χ4n) is 2.79. The lowest BCUT2D eigenvalue weighted by molar-refractivity contribution is 0.268. The number of nitrogen functional groups attached to an aromatic ring is 1. The number of likely N-dealkylation sites (tertiary alicyclic amines) is 1. The molecule has 20 heavy (non-hydrogen) atoms. The van der Waals surface area contributed by atoms with E-state index in [1.165, 1.54) is 19.3 Å². The monoisotopic (exact) mass is 275 g/mol. The maximum absolute atomic E-state index is 7.56. The first-order chi connectivity index (χ1) is 9.60. The Balaban J connectivity index is 2.14. The maximum Gasteiger partial charge on any atom is 0.123 e. The van der Waals surface area contributed by atoms with E-state index in [0.717, 1.165) is 42.4 Å². The number of nitrogens with zero attached hydrogens (tertiary/aromatic N) is 1. The summed E-state index contributed by atoms with van der Waals surface area (Å²) in [7, 11) is 1.69. The zero-order valence-corrected chi connectivity index (χ0v) is 12.5. The number of nitrogens with one attached hydrogen (secondary N) is 1. The standard InChI is InChI=1S/C16H25N3O/c1-12-4-3-8-19(9-7-12)11-14-10-13(16(17)18)5-6-15(14)20-2/h5-6,10,12H,3-4,7-9,11H2,1-2H3,(H3,17,18). The van der Waals surface area contributed by atoms with Crippen LogP contribution in [-0.4, -0.2) is 30.9 Å². The molecule has 2 rings (SSSR count). The molecule has 1 heterocycles. The van der Waals surface area contributed by atoms with E-state index >= 15 is 0 Å². The SMILES string of the molecule is COc1ccc(C(=N)N)cc1CN1CCCC(C)CC1. The van der Waals surface area contributed by atoms with Crippen LogP contribution in [0.2, 0.25) is 0 Å². The lowest BCUT2D eigenvalue weighted by Gasteiger charge is -2.21. The topological polar surface area (TPSA) is 62.3 Å². The molecule has 0 spiro atoms. The van der Waals surface area contributed by atoms with E-state index in [1.807, 2.05) is 18.2 Å². The van der Waals surface area contributed by atoms with Gasteiger partial charge in [0.05, 0.1) is 7.11 Å². The minimum Gasteiger partial charge on any atom is -0.496 e. The normalized spacial score (nSPS) is 20.4. The Bertz CT molecular complexity index is 473. The summed E-state index contributed by atoms with van der Waals surface area (Å²) in [4.78, 5) is 2.48. The average Bonchev–Trinajstić information content (AvgIpc) is 2.63. The second-order valence-electron chi connectivity index (χ2n) is 5.75. The van der Waals surface area contributed by atoms with E-state index in [-0.39, 0.29) is 5.84 Å². The van der Waals surface area contributed by atoms with Crippen LogP contribution in [0.15, 0.2) is 18.2 Å². The highest BCUT2D eigenvalue weighted by Crippen LogP contribution is 2.24. The molecule has 0 aliphatic carbocycles. The van der Waals surface area contributed by atoms with E-state index in [0.29, 0.717) is 0 Å². The Morgan fingerprint density at radius 2 is 2.20 bits per heavy atom. The number of ether oxygens (including phenoxy) is 1. The number of benzene rings is 1. The molecule has 1 aliphatic heterocycles. The molecule has 110 valence electrons. The number of rotatable bonds is 4. The van der Waals surface area contributed by atoms with Gasteiger partial charge in [0, 0.05) is 17.7 Å². The van der Waals surface area contributed by atoms with Gasteiger partial charge in [-0.1, -0.05) is 6.92 Å². The van der Waals surface area contributed by atoms with Crippen LogP contribution in [0.5, 0.6) is 5.75 Å². The molecule has 0 radical (unpaired) electrons. The van der Waals surface area contributed by atoms with Gasteiger partial charge in [0.15, 0.2) is 0 Å². The molecule has 0 bridgehead atoms. The molecular weight excluding hydrogens is 250 g/mol. The first-order valence-corrected chi connectivity index (χ1v) is 7.34. The zero-order chi connectivity index (χ0) is 14.5. The van der Waals surface area contributed by atoms with Crippen LogP contribution in [0.1, 0.15) is 37.3 Å². The van der Waals surface area contributed by atoms with Crippen molar-refractivity contribution in [3.05, 3.63) is 29.3 Å². The van der Waals surface area contributed by atoms with E-state index in [4.69, 9.17) is 15.9 Å². The van der Waals surface area contributed by atoms with Crippen molar-refractivity contribution in [2.24, 2.45) is 11.7 Å². The maximum atomic E-state index is 7.56. The average molecular weight is 275 g/mol. The number of nitrogens with two attached hydrogens (primary N) is 1. The highest BCUT2D eigenvalue weighted by molar-refractivity contribution is 5.95. The van der Waals surface area contributed by atoms with Gasteiger partial charge in [0.1, 0.15) is 11.6 Å². The third-order valence-corrected chi connectivity index (χ3v) is 4.09. The Morgan fingerprint density at radius 3 is 2.90 bits per heavy atom. The van der Waals surface area contributed by atoms with Crippen LogP contribution < -0.4 is 10.5 Å². The van der Waals surface area contributed by atoms with Gasteiger partial charge in [0.2, 0.25) is 0 Å². The van der Waals surface area contributed by atoms with E-state index in [9.17, 15) is 0 Å². The predicted octanol–water partition coefficient (Wildman–Crippen LogP) is 2.60. The van der Waals surface area contributed by atoms with Crippen molar-refractivity contribution < 1.29 is 4.74 Å². The predicted molar refractivity (Wildman–Crippen MR) is 82.3 cm³/mol. The molecule has 1 unspecified atom stereocenters. The molecule has 4 heteroatoms. The summed E-state index contributed by atoms with van der Waals surface area (Å²) in [6, 6.07) is 5.73. The van der Waals surface area contributed by atoms with Crippen molar-refractivity contribution in [3.63, 3.8) is 0 Å². The van der Waals surface area contributed by atoms with Gasteiger partial charge in [-0.3, -0.25) is 10.3 Å². The van der Waals surface area contributed by atoms with Crippen LogP contribution in [-0.2, 0) is 6.54 Å².